The van der Waals surface area contributed by atoms with Crippen LogP contribution in [0.5, 0.6) is 5.75 Å². The minimum atomic E-state index is -0.433. The zero-order valence-electron chi connectivity index (χ0n) is 20.5. The van der Waals surface area contributed by atoms with Crippen molar-refractivity contribution in [3.63, 3.8) is 0 Å². The van der Waals surface area contributed by atoms with Gasteiger partial charge in [-0.15, -0.1) is 0 Å². The molecule has 4 rings (SSSR count). The molecule has 2 aromatic carbocycles. The van der Waals surface area contributed by atoms with E-state index in [1.54, 1.807) is 12.0 Å². The molecule has 0 aromatic heterocycles. The zero-order chi connectivity index (χ0) is 24.8. The minimum absolute atomic E-state index is 0.0127. The Balaban J connectivity index is 1.44. The standard InChI is InChI=1S/C27H34N4O4/c1-3-4-14-31-24(32)19-23(25(31)20-10-12-22(35-2)13-11-20)26(33)29-15-17-30(18-16-29)27(34)28-21-8-6-5-7-9-21/h5-13,23,25H,3-4,14-19H2,1-2H3,(H,28,34)/t23-,25+/m1/s1. The molecule has 2 aromatic rings. The summed E-state index contributed by atoms with van der Waals surface area (Å²) in [6, 6.07) is 16.5. The molecule has 2 aliphatic heterocycles. The number of para-hydroxylation sites is 1. The first kappa shape index (κ1) is 24.6. The van der Waals surface area contributed by atoms with Crippen LogP contribution in [0.3, 0.4) is 0 Å². The van der Waals surface area contributed by atoms with Crippen molar-refractivity contribution in [3.05, 3.63) is 60.2 Å². The molecule has 0 radical (unpaired) electrons. The molecule has 0 spiro atoms. The van der Waals surface area contributed by atoms with E-state index in [9.17, 15) is 14.4 Å². The first-order chi connectivity index (χ1) is 17.0. The molecule has 2 fully saturated rings. The second kappa shape index (κ2) is 11.3. The third-order valence-electron chi connectivity index (χ3n) is 6.86. The SMILES string of the molecule is CCCCN1C(=O)C[C@@H](C(=O)N2CCN(C(=O)Nc3ccccc3)CC2)[C@@H]1c1ccc(OC)cc1. The number of nitrogens with one attached hydrogen (secondary N) is 1. The quantitative estimate of drug-likeness (QED) is 0.657. The van der Waals surface area contributed by atoms with Crippen LogP contribution in [0.25, 0.3) is 0 Å². The van der Waals surface area contributed by atoms with Gasteiger partial charge in [0.15, 0.2) is 0 Å². The van der Waals surface area contributed by atoms with E-state index in [-0.39, 0.29) is 30.3 Å². The summed E-state index contributed by atoms with van der Waals surface area (Å²) in [7, 11) is 1.62. The van der Waals surface area contributed by atoms with Crippen molar-refractivity contribution in [2.75, 3.05) is 45.2 Å². The smallest absolute Gasteiger partial charge is 0.321 e. The van der Waals surface area contributed by atoms with Crippen LogP contribution in [0.1, 0.15) is 37.8 Å². The van der Waals surface area contributed by atoms with Crippen molar-refractivity contribution < 1.29 is 19.1 Å². The molecular weight excluding hydrogens is 444 g/mol. The molecule has 4 amide bonds. The number of rotatable bonds is 7. The Labute approximate surface area is 206 Å². The summed E-state index contributed by atoms with van der Waals surface area (Å²) in [4.78, 5) is 44.6. The van der Waals surface area contributed by atoms with E-state index >= 15 is 0 Å². The number of likely N-dealkylation sites (tertiary alicyclic amines) is 1. The summed E-state index contributed by atoms with van der Waals surface area (Å²) in [6.07, 6.45) is 2.09. The Morgan fingerprint density at radius 2 is 1.63 bits per heavy atom. The van der Waals surface area contributed by atoms with E-state index in [0.29, 0.717) is 32.7 Å². The monoisotopic (exact) mass is 478 g/mol. The molecule has 0 saturated carbocycles. The van der Waals surface area contributed by atoms with Crippen molar-refractivity contribution in [1.29, 1.82) is 0 Å². The van der Waals surface area contributed by atoms with Crippen LogP contribution in [-0.2, 0) is 9.59 Å². The highest BCUT2D eigenvalue weighted by molar-refractivity contribution is 5.91. The average molecular weight is 479 g/mol. The van der Waals surface area contributed by atoms with Crippen LogP contribution in [0.15, 0.2) is 54.6 Å². The van der Waals surface area contributed by atoms with Gasteiger partial charge >= 0.3 is 6.03 Å². The summed E-state index contributed by atoms with van der Waals surface area (Å²) in [5, 5.41) is 2.90. The first-order valence-electron chi connectivity index (χ1n) is 12.3. The second-order valence-corrected chi connectivity index (χ2v) is 9.08. The molecule has 186 valence electrons. The molecular formula is C27H34N4O4. The predicted molar refractivity (Wildman–Crippen MR) is 134 cm³/mol. The van der Waals surface area contributed by atoms with Gasteiger partial charge in [0.25, 0.3) is 0 Å². The summed E-state index contributed by atoms with van der Waals surface area (Å²) >= 11 is 0. The van der Waals surface area contributed by atoms with Gasteiger partial charge in [0.05, 0.1) is 19.1 Å². The Bertz CT molecular complexity index is 1020. The van der Waals surface area contributed by atoms with Gasteiger partial charge < -0.3 is 24.8 Å². The van der Waals surface area contributed by atoms with Gasteiger partial charge in [-0.2, -0.15) is 0 Å². The number of anilines is 1. The molecule has 2 heterocycles. The molecule has 0 aliphatic carbocycles. The van der Waals surface area contributed by atoms with Gasteiger partial charge in [-0.25, -0.2) is 4.79 Å². The number of ether oxygens (including phenoxy) is 1. The van der Waals surface area contributed by atoms with Crippen LogP contribution >= 0.6 is 0 Å². The number of urea groups is 1. The number of benzene rings is 2. The number of methoxy groups -OCH3 is 1. The van der Waals surface area contributed by atoms with Crippen molar-refractivity contribution in [3.8, 4) is 5.75 Å². The van der Waals surface area contributed by atoms with Gasteiger partial charge in [0.1, 0.15) is 5.75 Å². The number of carbonyl (C=O) groups is 3. The van der Waals surface area contributed by atoms with E-state index in [1.165, 1.54) is 0 Å². The first-order valence-corrected chi connectivity index (χ1v) is 12.3. The van der Waals surface area contributed by atoms with E-state index < -0.39 is 5.92 Å². The van der Waals surface area contributed by atoms with Crippen LogP contribution in [0.4, 0.5) is 10.5 Å². The van der Waals surface area contributed by atoms with Crippen LogP contribution in [0, 0.1) is 5.92 Å². The normalized spacial score (nSPS) is 20.2. The van der Waals surface area contributed by atoms with Gasteiger partial charge in [0, 0.05) is 44.8 Å². The van der Waals surface area contributed by atoms with Crippen molar-refractivity contribution in [1.82, 2.24) is 14.7 Å². The maximum atomic E-state index is 13.6. The lowest BCUT2D eigenvalue weighted by Gasteiger charge is -2.37. The largest absolute Gasteiger partial charge is 0.497 e. The molecule has 2 atom stereocenters. The number of hydrogen-bond acceptors (Lipinski definition) is 4. The average Bonchev–Trinajstić information content (AvgIpc) is 3.23. The van der Waals surface area contributed by atoms with E-state index in [0.717, 1.165) is 29.8 Å². The lowest BCUT2D eigenvalue weighted by atomic mass is 9.92. The van der Waals surface area contributed by atoms with Gasteiger partial charge in [0.2, 0.25) is 11.8 Å². The number of hydrogen-bond donors (Lipinski definition) is 1. The van der Waals surface area contributed by atoms with E-state index in [2.05, 4.69) is 12.2 Å². The summed E-state index contributed by atoms with van der Waals surface area (Å²) < 4.78 is 5.29. The van der Waals surface area contributed by atoms with Crippen LogP contribution in [-0.4, -0.2) is 72.4 Å². The summed E-state index contributed by atoms with van der Waals surface area (Å²) in [5.41, 5.74) is 1.70. The van der Waals surface area contributed by atoms with Gasteiger partial charge in [-0.3, -0.25) is 9.59 Å². The maximum Gasteiger partial charge on any atom is 0.321 e. The summed E-state index contributed by atoms with van der Waals surface area (Å²) in [6.45, 7) is 4.56. The number of unbranched alkanes of at least 4 members (excludes halogenated alkanes) is 1. The third-order valence-corrected chi connectivity index (χ3v) is 6.86. The molecule has 2 aliphatic rings. The molecule has 0 bridgehead atoms. The fraction of sp³-hybridized carbons (Fsp3) is 0.444. The Hall–Kier alpha value is -3.55. The lowest BCUT2D eigenvalue weighted by molar-refractivity contribution is -0.138. The predicted octanol–water partition coefficient (Wildman–Crippen LogP) is 3.76. The highest BCUT2D eigenvalue weighted by Crippen LogP contribution is 2.40. The Kier molecular flexibility index (Phi) is 7.90. The topological polar surface area (TPSA) is 82.2 Å². The van der Waals surface area contributed by atoms with Gasteiger partial charge in [-0.1, -0.05) is 43.7 Å². The maximum absolute atomic E-state index is 13.6. The van der Waals surface area contributed by atoms with E-state index in [1.807, 2.05) is 64.4 Å². The van der Waals surface area contributed by atoms with Crippen molar-refractivity contribution in [2.24, 2.45) is 5.92 Å². The molecule has 2 saturated heterocycles. The van der Waals surface area contributed by atoms with Crippen molar-refractivity contribution in [2.45, 2.75) is 32.2 Å². The number of nitrogens with zero attached hydrogens (tertiary/aromatic N) is 3. The molecule has 0 unspecified atom stereocenters. The lowest BCUT2D eigenvalue weighted by Crippen LogP contribution is -2.53. The summed E-state index contributed by atoms with van der Waals surface area (Å²) in [5.74, 6) is 0.322. The molecule has 1 N–H and O–H groups in total. The van der Waals surface area contributed by atoms with Crippen LogP contribution in [0.2, 0.25) is 0 Å². The Morgan fingerprint density at radius 3 is 2.26 bits per heavy atom. The van der Waals surface area contributed by atoms with E-state index in [4.69, 9.17) is 4.74 Å². The van der Waals surface area contributed by atoms with Gasteiger partial charge in [-0.05, 0) is 36.2 Å². The molecule has 35 heavy (non-hydrogen) atoms. The van der Waals surface area contributed by atoms with Crippen molar-refractivity contribution >= 4 is 23.5 Å². The Morgan fingerprint density at radius 1 is 0.971 bits per heavy atom. The fourth-order valence-electron chi connectivity index (χ4n) is 4.91. The number of carbonyl (C=O) groups excluding carboxylic acids is 3. The number of amides is 4. The second-order valence-electron chi connectivity index (χ2n) is 9.08. The number of piperazine rings is 1. The molecule has 8 nitrogen and oxygen atoms in total. The highest BCUT2D eigenvalue weighted by atomic mass is 16.5. The third kappa shape index (κ3) is 5.58. The molecule has 8 heteroatoms. The fourth-order valence-corrected chi connectivity index (χ4v) is 4.91. The highest BCUT2D eigenvalue weighted by Gasteiger charge is 2.46. The minimum Gasteiger partial charge on any atom is -0.497 e. The van der Waals surface area contributed by atoms with Crippen LogP contribution < -0.4 is 10.1 Å². The zero-order valence-corrected chi connectivity index (χ0v) is 20.5.